The Hall–Kier alpha value is -0.460. The van der Waals surface area contributed by atoms with Crippen molar-refractivity contribution in [2.45, 2.75) is 49.7 Å². The van der Waals surface area contributed by atoms with Crippen LogP contribution in [-0.2, 0) is 28.5 Å². The molecule has 0 aromatic rings. The van der Waals surface area contributed by atoms with Crippen molar-refractivity contribution >= 4 is 10.1 Å². The Kier molecular flexibility index (Phi) is 3.81. The first-order chi connectivity index (χ1) is 8.93. The summed E-state index contributed by atoms with van der Waals surface area (Å²) >= 11 is 0. The van der Waals surface area contributed by atoms with Crippen molar-refractivity contribution in [3.8, 4) is 0 Å². The Morgan fingerprint density at radius 2 is 1.80 bits per heavy atom. The highest BCUT2D eigenvalue weighted by Crippen LogP contribution is 2.38. The van der Waals surface area contributed by atoms with Gasteiger partial charge in [-0.2, -0.15) is 21.6 Å². The van der Waals surface area contributed by atoms with E-state index in [0.29, 0.717) is 0 Å². The van der Waals surface area contributed by atoms with Gasteiger partial charge in [0, 0.05) is 0 Å². The Labute approximate surface area is 112 Å². The smallest absolute Gasteiger partial charge is 0.366 e. The number of aliphatic hydroxyl groups is 1. The van der Waals surface area contributed by atoms with Gasteiger partial charge in [0.25, 0.3) is 0 Å². The van der Waals surface area contributed by atoms with E-state index in [1.807, 2.05) is 0 Å². The largest absolute Gasteiger partial charge is 0.523 e. The molecule has 0 aromatic heterocycles. The summed E-state index contributed by atoms with van der Waals surface area (Å²) in [7, 11) is -5.72. The summed E-state index contributed by atoms with van der Waals surface area (Å²) in [4.78, 5) is 0. The zero-order valence-electron chi connectivity index (χ0n) is 10.5. The van der Waals surface area contributed by atoms with E-state index in [9.17, 15) is 26.7 Å². The molecule has 2 rings (SSSR count). The topological polar surface area (TPSA) is 91.3 Å². The molecular formula is C9H13F3O7S. The molecule has 0 spiro atoms. The molecular weight excluding hydrogens is 309 g/mol. The minimum atomic E-state index is -5.72. The SMILES string of the molecule is CC1(C)O[C@@H]2[C@H](O1)[C@@H](COS(=O)(=O)C(F)(F)F)O[C@H]2O. The van der Waals surface area contributed by atoms with E-state index < -0.39 is 52.6 Å². The number of alkyl halides is 3. The molecule has 0 amide bonds. The Bertz CT molecular complexity index is 474. The zero-order chi connectivity index (χ0) is 15.3. The lowest BCUT2D eigenvalue weighted by atomic mass is 10.1. The summed E-state index contributed by atoms with van der Waals surface area (Å²) in [6.45, 7) is 2.16. The molecule has 2 fully saturated rings. The van der Waals surface area contributed by atoms with Crippen LogP contribution in [0.2, 0.25) is 0 Å². The number of ether oxygens (including phenoxy) is 3. The van der Waals surface area contributed by atoms with E-state index in [0.717, 1.165) is 0 Å². The molecule has 7 nitrogen and oxygen atoms in total. The highest BCUT2D eigenvalue weighted by Gasteiger charge is 2.56. The van der Waals surface area contributed by atoms with Crippen molar-refractivity contribution in [2.24, 2.45) is 0 Å². The minimum Gasteiger partial charge on any atom is -0.366 e. The van der Waals surface area contributed by atoms with Crippen molar-refractivity contribution in [1.82, 2.24) is 0 Å². The molecule has 118 valence electrons. The quantitative estimate of drug-likeness (QED) is 0.581. The fourth-order valence-corrected chi connectivity index (χ4v) is 2.46. The Morgan fingerprint density at radius 3 is 2.35 bits per heavy atom. The molecule has 2 heterocycles. The van der Waals surface area contributed by atoms with Crippen molar-refractivity contribution in [3.63, 3.8) is 0 Å². The fraction of sp³-hybridized carbons (Fsp3) is 1.00. The summed E-state index contributed by atoms with van der Waals surface area (Å²) in [6, 6.07) is 0. The van der Waals surface area contributed by atoms with Crippen LogP contribution in [0.1, 0.15) is 13.8 Å². The van der Waals surface area contributed by atoms with Crippen molar-refractivity contribution in [3.05, 3.63) is 0 Å². The molecule has 2 aliphatic rings. The third-order valence-corrected chi connectivity index (χ3v) is 3.81. The molecule has 0 saturated carbocycles. The van der Waals surface area contributed by atoms with Crippen LogP contribution in [0.15, 0.2) is 0 Å². The zero-order valence-corrected chi connectivity index (χ0v) is 11.3. The summed E-state index contributed by atoms with van der Waals surface area (Å²) in [5.74, 6) is -1.05. The van der Waals surface area contributed by atoms with E-state index in [1.165, 1.54) is 0 Å². The average molecular weight is 322 g/mol. The number of aliphatic hydroxyl groups excluding tert-OH is 1. The van der Waals surface area contributed by atoms with Crippen LogP contribution in [0.5, 0.6) is 0 Å². The van der Waals surface area contributed by atoms with E-state index in [2.05, 4.69) is 4.18 Å². The van der Waals surface area contributed by atoms with Gasteiger partial charge < -0.3 is 19.3 Å². The summed E-state index contributed by atoms with van der Waals surface area (Å²) < 4.78 is 77.3. The lowest BCUT2D eigenvalue weighted by Gasteiger charge is -2.22. The second kappa shape index (κ2) is 4.78. The van der Waals surface area contributed by atoms with Gasteiger partial charge in [-0.1, -0.05) is 0 Å². The maximum absolute atomic E-state index is 12.1. The molecule has 1 N–H and O–H groups in total. The number of rotatable bonds is 3. The number of hydrogen-bond donors (Lipinski definition) is 1. The Balaban J connectivity index is 2.02. The monoisotopic (exact) mass is 322 g/mol. The lowest BCUT2D eigenvalue weighted by Crippen LogP contribution is -2.36. The highest BCUT2D eigenvalue weighted by atomic mass is 32.2. The standard InChI is InChI=1S/C9H13F3O7S/c1-8(2)18-5-4(17-7(13)6(5)19-8)3-16-20(14,15)9(10,11)12/h4-7,13H,3H2,1-2H3/t4-,5-,6-,7-/m1/s1. The molecule has 0 aromatic carbocycles. The van der Waals surface area contributed by atoms with Gasteiger partial charge >= 0.3 is 15.6 Å². The van der Waals surface area contributed by atoms with Crippen molar-refractivity contribution in [1.29, 1.82) is 0 Å². The highest BCUT2D eigenvalue weighted by molar-refractivity contribution is 7.87. The van der Waals surface area contributed by atoms with Crippen LogP contribution in [0, 0.1) is 0 Å². The Morgan fingerprint density at radius 1 is 1.25 bits per heavy atom. The molecule has 11 heteroatoms. The number of fused-ring (bicyclic) bond motifs is 1. The van der Waals surface area contributed by atoms with Gasteiger partial charge in [0.2, 0.25) is 0 Å². The molecule has 0 bridgehead atoms. The van der Waals surface area contributed by atoms with Gasteiger partial charge in [0.1, 0.15) is 18.3 Å². The lowest BCUT2D eigenvalue weighted by molar-refractivity contribution is -0.222. The van der Waals surface area contributed by atoms with Crippen LogP contribution in [0.4, 0.5) is 13.2 Å². The van der Waals surface area contributed by atoms with Crippen LogP contribution in [-0.4, -0.2) is 56.0 Å². The van der Waals surface area contributed by atoms with E-state index in [-0.39, 0.29) is 0 Å². The third kappa shape index (κ3) is 2.92. The van der Waals surface area contributed by atoms with Crippen molar-refractivity contribution < 1.29 is 45.1 Å². The summed E-state index contributed by atoms with van der Waals surface area (Å²) in [5.41, 5.74) is -5.52. The molecule has 0 radical (unpaired) electrons. The van der Waals surface area contributed by atoms with Gasteiger partial charge in [0.05, 0.1) is 6.61 Å². The van der Waals surface area contributed by atoms with Crippen LogP contribution in [0.3, 0.4) is 0 Å². The molecule has 0 aliphatic carbocycles. The van der Waals surface area contributed by atoms with Gasteiger partial charge in [-0.25, -0.2) is 0 Å². The maximum Gasteiger partial charge on any atom is 0.523 e. The normalized spacial score (nSPS) is 37.1. The van der Waals surface area contributed by atoms with Gasteiger partial charge in [0.15, 0.2) is 12.1 Å². The number of halogens is 3. The predicted octanol–water partition coefficient (Wildman–Crippen LogP) is 0.0899. The molecule has 4 atom stereocenters. The van der Waals surface area contributed by atoms with Gasteiger partial charge in [-0.05, 0) is 13.8 Å². The van der Waals surface area contributed by atoms with Crippen LogP contribution >= 0.6 is 0 Å². The number of hydrogen-bond acceptors (Lipinski definition) is 7. The second-order valence-electron chi connectivity index (χ2n) is 4.81. The van der Waals surface area contributed by atoms with Gasteiger partial charge in [-0.15, -0.1) is 0 Å². The molecule has 20 heavy (non-hydrogen) atoms. The van der Waals surface area contributed by atoms with E-state index >= 15 is 0 Å². The summed E-state index contributed by atoms with van der Waals surface area (Å²) in [6.07, 6.45) is -4.44. The predicted molar refractivity (Wildman–Crippen MR) is 55.6 cm³/mol. The second-order valence-corrected chi connectivity index (χ2v) is 6.42. The van der Waals surface area contributed by atoms with Crippen LogP contribution < -0.4 is 0 Å². The third-order valence-electron chi connectivity index (χ3n) is 2.80. The van der Waals surface area contributed by atoms with E-state index in [1.54, 1.807) is 13.8 Å². The minimum absolute atomic E-state index is 0.910. The fourth-order valence-electron chi connectivity index (χ4n) is 2.02. The van der Waals surface area contributed by atoms with Crippen LogP contribution in [0.25, 0.3) is 0 Å². The van der Waals surface area contributed by atoms with E-state index in [4.69, 9.17) is 14.2 Å². The maximum atomic E-state index is 12.1. The first-order valence-electron chi connectivity index (χ1n) is 5.58. The van der Waals surface area contributed by atoms with Crippen molar-refractivity contribution in [2.75, 3.05) is 6.61 Å². The average Bonchev–Trinajstić information content (AvgIpc) is 2.70. The first-order valence-corrected chi connectivity index (χ1v) is 6.99. The van der Waals surface area contributed by atoms with Gasteiger partial charge in [-0.3, -0.25) is 4.18 Å². The molecule has 2 aliphatic heterocycles. The first kappa shape index (κ1) is 15.9. The molecule has 2 saturated heterocycles. The molecule has 0 unspecified atom stereocenters. The summed E-state index contributed by atoms with van der Waals surface area (Å²) in [5, 5.41) is 9.54.